The van der Waals surface area contributed by atoms with Gasteiger partial charge in [-0.1, -0.05) is 6.07 Å². The van der Waals surface area contributed by atoms with Crippen LogP contribution in [-0.2, 0) is 24.4 Å². The number of hydrogen-bond acceptors (Lipinski definition) is 5. The minimum absolute atomic E-state index is 0.0293. The van der Waals surface area contributed by atoms with E-state index in [1.165, 1.54) is 12.1 Å². The maximum atomic E-state index is 13.5. The fourth-order valence-corrected chi connectivity index (χ4v) is 3.62. The van der Waals surface area contributed by atoms with E-state index < -0.39 is 35.6 Å². The van der Waals surface area contributed by atoms with Gasteiger partial charge in [0.2, 0.25) is 5.91 Å². The highest BCUT2D eigenvalue weighted by Crippen LogP contribution is 2.36. The normalized spacial score (nSPS) is 11.5. The quantitative estimate of drug-likeness (QED) is 0.332. The van der Waals surface area contributed by atoms with Crippen molar-refractivity contribution < 1.29 is 31.5 Å². The van der Waals surface area contributed by atoms with Crippen molar-refractivity contribution in [3.05, 3.63) is 77.7 Å². The number of carbonyl (C=O) groups is 1. The van der Waals surface area contributed by atoms with Gasteiger partial charge in [-0.3, -0.25) is 14.4 Å². The number of ether oxygens (including phenoxy) is 1. The second-order valence-electron chi connectivity index (χ2n) is 7.68. The lowest BCUT2D eigenvalue weighted by atomic mass is 10.1. The second-order valence-corrected chi connectivity index (χ2v) is 7.68. The molecule has 36 heavy (non-hydrogen) atoms. The predicted octanol–water partition coefficient (Wildman–Crippen LogP) is 5.37. The molecule has 0 bridgehead atoms. The molecule has 4 aromatic rings. The zero-order chi connectivity index (χ0) is 26.0. The van der Waals surface area contributed by atoms with Gasteiger partial charge in [0.05, 0.1) is 23.2 Å². The minimum Gasteiger partial charge on any atom is -0.435 e. The molecule has 0 aliphatic rings. The van der Waals surface area contributed by atoms with Crippen molar-refractivity contribution in [1.29, 1.82) is 5.26 Å². The highest BCUT2D eigenvalue weighted by Gasteiger charge is 2.33. The molecule has 0 saturated carbocycles. The van der Waals surface area contributed by atoms with Crippen LogP contribution < -0.4 is 9.64 Å². The smallest absolute Gasteiger partial charge is 0.417 e. The van der Waals surface area contributed by atoms with Crippen molar-refractivity contribution in [3.8, 4) is 11.8 Å². The molecule has 0 unspecified atom stereocenters. The molecule has 0 radical (unpaired) electrons. The molecular weight excluding hydrogens is 485 g/mol. The first-order valence-corrected chi connectivity index (χ1v) is 10.3. The average molecular weight is 501 g/mol. The van der Waals surface area contributed by atoms with Gasteiger partial charge in [0.15, 0.2) is 5.69 Å². The summed E-state index contributed by atoms with van der Waals surface area (Å²) in [6.45, 7) is -3.09. The molecule has 1 amide bonds. The number of halogens is 5. The van der Waals surface area contributed by atoms with Crippen LogP contribution in [0.2, 0.25) is 0 Å². The number of anilines is 2. The van der Waals surface area contributed by atoms with Crippen LogP contribution in [-0.4, -0.2) is 27.3 Å². The molecule has 0 saturated heterocycles. The van der Waals surface area contributed by atoms with Crippen molar-refractivity contribution in [2.24, 2.45) is 7.05 Å². The van der Waals surface area contributed by atoms with Gasteiger partial charge in [-0.2, -0.15) is 32.3 Å². The number of aryl methyl sites for hydroxylation is 1. The van der Waals surface area contributed by atoms with E-state index in [-0.39, 0.29) is 17.9 Å². The summed E-state index contributed by atoms with van der Waals surface area (Å²) in [4.78, 5) is 18.0. The van der Waals surface area contributed by atoms with Crippen LogP contribution in [0.5, 0.6) is 5.75 Å². The first-order chi connectivity index (χ1) is 17.0. The molecule has 2 aromatic heterocycles. The molecule has 0 aliphatic carbocycles. The Kier molecular flexibility index (Phi) is 6.57. The fourth-order valence-electron chi connectivity index (χ4n) is 3.62. The maximum absolute atomic E-state index is 13.5. The third-order valence-electron chi connectivity index (χ3n) is 5.15. The number of pyridine rings is 1. The lowest BCUT2D eigenvalue weighted by Gasteiger charge is -2.25. The summed E-state index contributed by atoms with van der Waals surface area (Å²) in [6.07, 6.45) is -2.79. The van der Waals surface area contributed by atoms with Crippen LogP contribution in [0.1, 0.15) is 16.8 Å². The monoisotopic (exact) mass is 501 g/mol. The molecule has 0 N–H and O–H groups in total. The van der Waals surface area contributed by atoms with E-state index >= 15 is 0 Å². The van der Waals surface area contributed by atoms with Crippen molar-refractivity contribution in [2.75, 3.05) is 4.90 Å². The third-order valence-corrected chi connectivity index (χ3v) is 5.15. The highest BCUT2D eigenvalue weighted by molar-refractivity contribution is 6.02. The summed E-state index contributed by atoms with van der Waals surface area (Å²) in [7, 11) is 1.73. The molecule has 2 aromatic carbocycles. The van der Waals surface area contributed by atoms with E-state index in [1.54, 1.807) is 42.2 Å². The van der Waals surface area contributed by atoms with E-state index in [1.807, 2.05) is 0 Å². The minimum atomic E-state index is -4.79. The van der Waals surface area contributed by atoms with Crippen LogP contribution in [0.3, 0.4) is 0 Å². The summed E-state index contributed by atoms with van der Waals surface area (Å²) in [5.41, 5.74) is -0.727. The zero-order valence-electron chi connectivity index (χ0n) is 18.5. The number of fused-ring (bicyclic) bond motifs is 1. The topological polar surface area (TPSA) is 84.0 Å². The first kappa shape index (κ1) is 24.6. The Hall–Kier alpha value is -4.53. The summed E-state index contributed by atoms with van der Waals surface area (Å²) in [6, 6.07) is 12.1. The van der Waals surface area contributed by atoms with Crippen molar-refractivity contribution in [2.45, 2.75) is 19.2 Å². The average Bonchev–Trinajstić information content (AvgIpc) is 3.18. The molecule has 0 spiro atoms. The summed E-state index contributed by atoms with van der Waals surface area (Å²) in [5, 5.41) is 14.5. The largest absolute Gasteiger partial charge is 0.435 e. The van der Waals surface area contributed by atoms with E-state index in [4.69, 9.17) is 0 Å². The van der Waals surface area contributed by atoms with Crippen molar-refractivity contribution >= 4 is 28.2 Å². The molecule has 0 atom stereocenters. The fraction of sp³-hybridized carbons (Fsp3) is 0.167. The van der Waals surface area contributed by atoms with Crippen LogP contribution in [0.4, 0.5) is 33.3 Å². The molecule has 184 valence electrons. The van der Waals surface area contributed by atoms with Crippen LogP contribution in [0.15, 0.2) is 60.9 Å². The third kappa shape index (κ3) is 5.25. The number of amides is 1. The molecule has 0 aliphatic heterocycles. The molecule has 7 nitrogen and oxygen atoms in total. The van der Waals surface area contributed by atoms with Gasteiger partial charge in [0, 0.05) is 30.5 Å². The standard InChI is InChI=1S/C24H16F5N5O2/c1-33-13-15-8-14(2-7-19(15)32-33)9-22(35)34(17-3-5-18(6-4-17)36-23(25)26)21-10-16(24(27,28)29)12-31-20(21)11-30/h2-8,10,12-13,23H,9H2,1H3. The van der Waals surface area contributed by atoms with Gasteiger partial charge >= 0.3 is 12.8 Å². The van der Waals surface area contributed by atoms with Gasteiger partial charge in [-0.15, -0.1) is 0 Å². The Balaban J connectivity index is 1.79. The van der Waals surface area contributed by atoms with Gasteiger partial charge in [-0.05, 0) is 48.0 Å². The molecular formula is C24H16F5N5O2. The second kappa shape index (κ2) is 9.61. The Labute approximate surface area is 200 Å². The number of alkyl halides is 5. The van der Waals surface area contributed by atoms with E-state index in [2.05, 4.69) is 14.8 Å². The number of nitrogens with zero attached hydrogens (tertiary/aromatic N) is 5. The maximum Gasteiger partial charge on any atom is 0.417 e. The van der Waals surface area contributed by atoms with Crippen molar-refractivity contribution in [1.82, 2.24) is 14.8 Å². The Morgan fingerprint density at radius 2 is 1.89 bits per heavy atom. The Morgan fingerprint density at radius 3 is 2.53 bits per heavy atom. The van der Waals surface area contributed by atoms with Gasteiger partial charge in [-0.25, -0.2) is 4.98 Å². The van der Waals surface area contributed by atoms with E-state index in [0.29, 0.717) is 23.3 Å². The first-order valence-electron chi connectivity index (χ1n) is 10.3. The van der Waals surface area contributed by atoms with E-state index in [0.717, 1.165) is 22.4 Å². The number of hydrogen-bond donors (Lipinski definition) is 0. The summed E-state index contributed by atoms with van der Waals surface area (Å²) < 4.78 is 71.2. The zero-order valence-corrected chi connectivity index (χ0v) is 18.5. The lowest BCUT2D eigenvalue weighted by Crippen LogP contribution is -2.29. The van der Waals surface area contributed by atoms with Crippen LogP contribution >= 0.6 is 0 Å². The van der Waals surface area contributed by atoms with Gasteiger partial charge in [0.25, 0.3) is 0 Å². The molecule has 0 fully saturated rings. The Morgan fingerprint density at radius 1 is 1.17 bits per heavy atom. The summed E-state index contributed by atoms with van der Waals surface area (Å²) >= 11 is 0. The van der Waals surface area contributed by atoms with Crippen LogP contribution in [0, 0.1) is 11.3 Å². The number of nitriles is 1. The molecule has 12 heteroatoms. The van der Waals surface area contributed by atoms with E-state index in [9.17, 15) is 32.0 Å². The molecule has 2 heterocycles. The SMILES string of the molecule is Cn1cc2cc(CC(=O)N(c3ccc(OC(F)F)cc3)c3cc(C(F)(F)F)cnc3C#N)ccc2n1. The van der Waals surface area contributed by atoms with Gasteiger partial charge in [0.1, 0.15) is 11.8 Å². The van der Waals surface area contributed by atoms with Crippen molar-refractivity contribution in [3.63, 3.8) is 0 Å². The summed E-state index contributed by atoms with van der Waals surface area (Å²) in [5.74, 6) is -0.899. The Bertz CT molecular complexity index is 1460. The van der Waals surface area contributed by atoms with Gasteiger partial charge < -0.3 is 4.74 Å². The number of benzene rings is 2. The number of aromatic nitrogens is 3. The highest BCUT2D eigenvalue weighted by atomic mass is 19.4. The number of rotatable bonds is 6. The van der Waals surface area contributed by atoms with Crippen LogP contribution in [0.25, 0.3) is 10.9 Å². The predicted molar refractivity (Wildman–Crippen MR) is 119 cm³/mol. The lowest BCUT2D eigenvalue weighted by molar-refractivity contribution is -0.137. The number of carbonyl (C=O) groups excluding carboxylic acids is 1. The molecule has 4 rings (SSSR count).